The van der Waals surface area contributed by atoms with E-state index in [-0.39, 0.29) is 16.4 Å². The normalized spacial score (nSPS) is 22.1. The zero-order valence-corrected chi connectivity index (χ0v) is 28.4. The minimum atomic E-state index is -0.298. The van der Waals surface area contributed by atoms with Gasteiger partial charge in [0.25, 0.3) is 0 Å². The largest absolute Gasteiger partial charge is 0.334 e. The highest BCUT2D eigenvalue weighted by Gasteiger charge is 2.58. The lowest BCUT2D eigenvalue weighted by molar-refractivity contribution is 0.195. The summed E-state index contributed by atoms with van der Waals surface area (Å²) >= 11 is 0. The number of hydrogen-bond donors (Lipinski definition) is 0. The molecule has 0 saturated heterocycles. The van der Waals surface area contributed by atoms with Gasteiger partial charge < -0.3 is 4.90 Å². The summed E-state index contributed by atoms with van der Waals surface area (Å²) in [6, 6.07) is 48.5. The van der Waals surface area contributed by atoms with Gasteiger partial charge in [-0.2, -0.15) is 0 Å². The maximum Gasteiger partial charge on any atom is 0.0725 e. The molecule has 1 nitrogen and oxygen atoms in total. The predicted molar refractivity (Wildman–Crippen MR) is 200 cm³/mol. The van der Waals surface area contributed by atoms with Crippen LogP contribution in [0.15, 0.2) is 127 Å². The number of rotatable bonds is 2. The molecule has 6 aromatic carbocycles. The monoisotopic (exact) mass is 619 g/mol. The molecule has 48 heavy (non-hydrogen) atoms. The first kappa shape index (κ1) is 28.2. The maximum atomic E-state index is 2.73. The van der Waals surface area contributed by atoms with E-state index in [1.165, 1.54) is 109 Å². The summed E-state index contributed by atoms with van der Waals surface area (Å²) in [7, 11) is 0. The molecule has 1 aliphatic heterocycles. The zero-order valence-electron chi connectivity index (χ0n) is 28.4. The van der Waals surface area contributed by atoms with Gasteiger partial charge in [-0.25, -0.2) is 0 Å². The van der Waals surface area contributed by atoms with Crippen LogP contribution in [0.2, 0.25) is 0 Å². The minimum absolute atomic E-state index is 0.0390. The lowest BCUT2D eigenvalue weighted by atomic mass is 9.61. The molecule has 0 aromatic heterocycles. The fourth-order valence-electron chi connectivity index (χ4n) is 10.7. The Labute approximate surface area is 284 Å². The third-order valence-electron chi connectivity index (χ3n) is 13.3. The fourth-order valence-corrected chi connectivity index (χ4v) is 10.7. The van der Waals surface area contributed by atoms with Gasteiger partial charge in [0.05, 0.1) is 11.0 Å². The van der Waals surface area contributed by atoms with Crippen LogP contribution in [0, 0.1) is 13.8 Å². The molecule has 1 spiro atoms. The van der Waals surface area contributed by atoms with Crippen LogP contribution in [0.5, 0.6) is 0 Å². The van der Waals surface area contributed by atoms with E-state index in [2.05, 4.69) is 160 Å². The van der Waals surface area contributed by atoms with Gasteiger partial charge in [-0.3, -0.25) is 0 Å². The first-order chi connectivity index (χ1) is 23.4. The Morgan fingerprint density at radius 3 is 1.67 bits per heavy atom. The van der Waals surface area contributed by atoms with Crippen molar-refractivity contribution in [3.8, 4) is 33.4 Å². The predicted octanol–water partition coefficient (Wildman–Crippen LogP) is 12.1. The van der Waals surface area contributed by atoms with Crippen LogP contribution < -0.4 is 4.90 Å². The van der Waals surface area contributed by atoms with Crippen LogP contribution >= 0.6 is 0 Å². The molecule has 10 rings (SSSR count). The fraction of sp³-hybridized carbons (Fsp3) is 0.234. The second kappa shape index (κ2) is 9.60. The van der Waals surface area contributed by atoms with Gasteiger partial charge in [-0.1, -0.05) is 123 Å². The van der Waals surface area contributed by atoms with Crippen molar-refractivity contribution >= 4 is 11.4 Å². The van der Waals surface area contributed by atoms with E-state index in [0.29, 0.717) is 0 Å². The molecule has 234 valence electrons. The minimum Gasteiger partial charge on any atom is -0.334 e. The number of hydrogen-bond acceptors (Lipinski definition) is 1. The zero-order chi connectivity index (χ0) is 32.4. The summed E-state index contributed by atoms with van der Waals surface area (Å²) in [5.74, 6) is 0. The topological polar surface area (TPSA) is 3.24 Å². The van der Waals surface area contributed by atoms with Crippen molar-refractivity contribution in [3.05, 3.63) is 166 Å². The number of anilines is 2. The van der Waals surface area contributed by atoms with Gasteiger partial charge in [0.1, 0.15) is 0 Å². The van der Waals surface area contributed by atoms with Crippen LogP contribution in [0.3, 0.4) is 0 Å². The summed E-state index contributed by atoms with van der Waals surface area (Å²) in [6.45, 7) is 9.83. The van der Waals surface area contributed by atoms with E-state index in [9.17, 15) is 0 Å². The Balaban J connectivity index is 1.21. The Morgan fingerprint density at radius 2 is 1.02 bits per heavy atom. The lowest BCUT2D eigenvalue weighted by Gasteiger charge is -2.50. The molecule has 0 amide bonds. The Kier molecular flexibility index (Phi) is 5.63. The summed E-state index contributed by atoms with van der Waals surface area (Å²) in [5, 5.41) is 0. The van der Waals surface area contributed by atoms with Crippen molar-refractivity contribution in [2.45, 2.75) is 69.7 Å². The van der Waals surface area contributed by atoms with Crippen LogP contribution in [0.4, 0.5) is 11.4 Å². The van der Waals surface area contributed by atoms with Crippen LogP contribution in [-0.4, -0.2) is 5.54 Å². The van der Waals surface area contributed by atoms with Gasteiger partial charge in [0.2, 0.25) is 0 Å². The molecule has 6 aromatic rings. The van der Waals surface area contributed by atoms with E-state index >= 15 is 0 Å². The number of fused-ring (bicyclic) bond motifs is 13. The van der Waals surface area contributed by atoms with E-state index in [1.54, 1.807) is 0 Å². The van der Waals surface area contributed by atoms with Crippen LogP contribution in [0.1, 0.15) is 78.5 Å². The van der Waals surface area contributed by atoms with Crippen LogP contribution in [0.25, 0.3) is 33.4 Å². The SMILES string of the molecule is Cc1c(-c2ccc3c(c2)-c2ccccc2C32c3ccccc3-c3ccccc32)cc2c(c1C)N(c1ccccc1)C1(C)CCCCC21C. The third-order valence-corrected chi connectivity index (χ3v) is 13.3. The van der Waals surface area contributed by atoms with Gasteiger partial charge in [-0.05, 0) is 130 Å². The van der Waals surface area contributed by atoms with E-state index in [4.69, 9.17) is 0 Å². The number of benzene rings is 6. The standard InChI is InChI=1S/C47H41N/c1-30-31(2)44-43(45(3)26-14-15-27-46(45,4)48(44)33-16-6-5-7-17-33)29-37(30)32-24-25-42-38(28-32)36-20-10-13-23-41(36)47(42)39-21-11-8-18-34(39)35-19-9-12-22-40(35)47/h5-13,16-25,28-29H,14-15,26-27H2,1-4H3. The van der Waals surface area contributed by atoms with Crippen molar-refractivity contribution in [1.82, 2.24) is 0 Å². The van der Waals surface area contributed by atoms with Crippen molar-refractivity contribution in [3.63, 3.8) is 0 Å². The lowest BCUT2D eigenvalue weighted by Crippen LogP contribution is -2.54. The highest BCUT2D eigenvalue weighted by atomic mass is 15.3. The molecule has 1 saturated carbocycles. The summed E-state index contributed by atoms with van der Waals surface area (Å²) in [5.41, 5.74) is 20.7. The second-order valence-corrected chi connectivity index (χ2v) is 15.2. The van der Waals surface area contributed by atoms with Crippen molar-refractivity contribution < 1.29 is 0 Å². The smallest absolute Gasteiger partial charge is 0.0725 e. The summed E-state index contributed by atoms with van der Waals surface area (Å²) in [4.78, 5) is 2.73. The van der Waals surface area contributed by atoms with Gasteiger partial charge in [0, 0.05) is 16.8 Å². The Bertz CT molecular complexity index is 2270. The second-order valence-electron chi connectivity index (χ2n) is 15.2. The van der Waals surface area contributed by atoms with Crippen molar-refractivity contribution in [1.29, 1.82) is 0 Å². The number of para-hydroxylation sites is 1. The average Bonchev–Trinajstić information content (AvgIpc) is 3.67. The molecule has 4 aliphatic rings. The van der Waals surface area contributed by atoms with Gasteiger partial charge >= 0.3 is 0 Å². The Morgan fingerprint density at radius 1 is 0.479 bits per heavy atom. The molecule has 1 fully saturated rings. The van der Waals surface area contributed by atoms with E-state index in [1.807, 2.05) is 0 Å². The molecule has 2 unspecified atom stereocenters. The molecule has 3 aliphatic carbocycles. The molecular weight excluding hydrogens is 579 g/mol. The first-order valence-electron chi connectivity index (χ1n) is 17.8. The molecule has 2 atom stereocenters. The first-order valence-corrected chi connectivity index (χ1v) is 17.8. The average molecular weight is 620 g/mol. The maximum absolute atomic E-state index is 2.73. The summed E-state index contributed by atoms with van der Waals surface area (Å²) in [6.07, 6.45) is 5.01. The molecule has 0 N–H and O–H groups in total. The molecule has 0 bridgehead atoms. The third kappa shape index (κ3) is 3.23. The molecule has 1 heteroatoms. The van der Waals surface area contributed by atoms with Gasteiger partial charge in [0.15, 0.2) is 0 Å². The number of nitrogens with zero attached hydrogens (tertiary/aromatic N) is 1. The molecule has 0 radical (unpaired) electrons. The highest BCUT2D eigenvalue weighted by Crippen LogP contribution is 2.65. The van der Waals surface area contributed by atoms with Crippen molar-refractivity contribution in [2.75, 3.05) is 4.90 Å². The molecular formula is C47H41N. The quantitative estimate of drug-likeness (QED) is 0.186. The molecule has 1 heterocycles. The Hall–Kier alpha value is -4.88. The van der Waals surface area contributed by atoms with E-state index < -0.39 is 0 Å². The van der Waals surface area contributed by atoms with Gasteiger partial charge in [-0.15, -0.1) is 0 Å². The highest BCUT2D eigenvalue weighted by molar-refractivity contribution is 5.96. The van der Waals surface area contributed by atoms with Crippen LogP contribution in [-0.2, 0) is 10.8 Å². The van der Waals surface area contributed by atoms with E-state index in [0.717, 1.165) is 0 Å². The summed E-state index contributed by atoms with van der Waals surface area (Å²) < 4.78 is 0. The van der Waals surface area contributed by atoms with Crippen molar-refractivity contribution in [2.24, 2.45) is 0 Å².